The molecule has 0 fully saturated rings. The predicted molar refractivity (Wildman–Crippen MR) is 122 cm³/mol. The van der Waals surface area contributed by atoms with Gasteiger partial charge in [-0.25, -0.2) is 13.1 Å². The first-order chi connectivity index (χ1) is 14.2. The van der Waals surface area contributed by atoms with Gasteiger partial charge in [0.05, 0.1) is 4.90 Å². The fraction of sp³-hybridized carbons (Fsp3) is 0.308. The molecular weight excluding hydrogens is 390 g/mol. The van der Waals surface area contributed by atoms with E-state index in [0.717, 1.165) is 24.0 Å². The molecule has 4 heteroatoms. The summed E-state index contributed by atoms with van der Waals surface area (Å²) in [6, 6.07) is 25.8. The maximum atomic E-state index is 13.1. The van der Waals surface area contributed by atoms with Crippen molar-refractivity contribution in [1.29, 1.82) is 0 Å². The van der Waals surface area contributed by atoms with Crippen LogP contribution in [0.3, 0.4) is 0 Å². The summed E-state index contributed by atoms with van der Waals surface area (Å²) < 4.78 is 29.1. The Balaban J connectivity index is 1.79. The van der Waals surface area contributed by atoms with Crippen molar-refractivity contribution >= 4 is 10.0 Å². The number of benzene rings is 3. The second-order valence-electron chi connectivity index (χ2n) is 9.02. The summed E-state index contributed by atoms with van der Waals surface area (Å²) in [7, 11) is -3.60. The molecule has 0 aliphatic heterocycles. The average Bonchev–Trinajstić information content (AvgIpc) is 2.75. The molecule has 156 valence electrons. The van der Waals surface area contributed by atoms with E-state index in [9.17, 15) is 8.42 Å². The van der Waals surface area contributed by atoms with E-state index in [1.807, 2.05) is 37.3 Å². The molecule has 1 aliphatic carbocycles. The number of hydrogen-bond acceptors (Lipinski definition) is 2. The maximum Gasteiger partial charge on any atom is 0.240 e. The molecule has 1 N–H and O–H groups in total. The van der Waals surface area contributed by atoms with Gasteiger partial charge in [-0.3, -0.25) is 0 Å². The van der Waals surface area contributed by atoms with Crippen LogP contribution >= 0.6 is 0 Å². The van der Waals surface area contributed by atoms with Gasteiger partial charge in [0.25, 0.3) is 0 Å². The average molecular weight is 420 g/mol. The van der Waals surface area contributed by atoms with Crippen LogP contribution in [0.4, 0.5) is 0 Å². The third-order valence-corrected chi connectivity index (χ3v) is 7.99. The summed E-state index contributed by atoms with van der Waals surface area (Å²) in [5.41, 5.74) is 4.38. The van der Waals surface area contributed by atoms with Crippen molar-refractivity contribution in [2.75, 3.05) is 6.54 Å². The summed E-state index contributed by atoms with van der Waals surface area (Å²) in [4.78, 5) is 0.306. The predicted octanol–water partition coefficient (Wildman–Crippen LogP) is 5.33. The van der Waals surface area contributed by atoms with Crippen molar-refractivity contribution in [3.63, 3.8) is 0 Å². The Morgan fingerprint density at radius 2 is 1.40 bits per heavy atom. The van der Waals surface area contributed by atoms with E-state index < -0.39 is 15.4 Å². The highest BCUT2D eigenvalue weighted by Gasteiger charge is 2.44. The van der Waals surface area contributed by atoms with Crippen molar-refractivity contribution in [1.82, 2.24) is 4.72 Å². The van der Waals surface area contributed by atoms with Gasteiger partial charge >= 0.3 is 0 Å². The van der Waals surface area contributed by atoms with E-state index in [0.29, 0.717) is 11.4 Å². The quantitative estimate of drug-likeness (QED) is 0.607. The minimum Gasteiger partial charge on any atom is -0.210 e. The Bertz CT molecular complexity index is 1140. The molecule has 3 aromatic rings. The first-order valence-corrected chi connectivity index (χ1v) is 11.9. The molecule has 0 spiro atoms. The van der Waals surface area contributed by atoms with Gasteiger partial charge in [-0.15, -0.1) is 0 Å². The topological polar surface area (TPSA) is 46.2 Å². The fourth-order valence-electron chi connectivity index (χ4n) is 4.65. The van der Waals surface area contributed by atoms with Crippen LogP contribution in [0.15, 0.2) is 83.8 Å². The van der Waals surface area contributed by atoms with Crippen LogP contribution in [0.25, 0.3) is 0 Å². The van der Waals surface area contributed by atoms with Crippen LogP contribution in [0.1, 0.15) is 48.9 Å². The fourth-order valence-corrected chi connectivity index (χ4v) is 5.74. The van der Waals surface area contributed by atoms with Crippen LogP contribution in [0, 0.1) is 6.92 Å². The summed E-state index contributed by atoms with van der Waals surface area (Å²) in [5, 5.41) is 0. The molecule has 3 aromatic carbocycles. The van der Waals surface area contributed by atoms with Crippen LogP contribution in [-0.2, 0) is 20.9 Å². The molecule has 3 nitrogen and oxygen atoms in total. The van der Waals surface area contributed by atoms with Crippen LogP contribution in [0.2, 0.25) is 0 Å². The molecule has 4 rings (SSSR count). The molecule has 30 heavy (non-hydrogen) atoms. The Morgan fingerprint density at radius 3 is 2.07 bits per heavy atom. The first kappa shape index (κ1) is 20.8. The van der Waals surface area contributed by atoms with Crippen molar-refractivity contribution in [2.24, 2.45) is 0 Å². The van der Waals surface area contributed by atoms with Gasteiger partial charge in [-0.05, 0) is 54.0 Å². The lowest BCUT2D eigenvalue weighted by Crippen LogP contribution is -2.46. The Morgan fingerprint density at radius 1 is 0.800 bits per heavy atom. The third kappa shape index (κ3) is 3.70. The lowest BCUT2D eigenvalue weighted by Gasteiger charge is -2.46. The van der Waals surface area contributed by atoms with Crippen molar-refractivity contribution in [3.8, 4) is 0 Å². The second kappa shape index (κ2) is 7.68. The van der Waals surface area contributed by atoms with Crippen LogP contribution in [-0.4, -0.2) is 15.0 Å². The van der Waals surface area contributed by atoms with E-state index in [4.69, 9.17) is 0 Å². The molecule has 0 saturated heterocycles. The summed E-state index contributed by atoms with van der Waals surface area (Å²) in [5.74, 6) is 0. The number of sulfonamides is 1. The minimum atomic E-state index is -3.60. The molecule has 0 heterocycles. The van der Waals surface area contributed by atoms with Crippen molar-refractivity contribution in [2.45, 2.75) is 49.3 Å². The number of aryl methyl sites for hydroxylation is 1. The molecule has 0 bridgehead atoms. The van der Waals surface area contributed by atoms with Gasteiger partial charge in [-0.2, -0.15) is 0 Å². The molecule has 0 aromatic heterocycles. The Kier molecular flexibility index (Phi) is 5.33. The zero-order valence-electron chi connectivity index (χ0n) is 17.9. The monoisotopic (exact) mass is 419 g/mol. The van der Waals surface area contributed by atoms with Gasteiger partial charge < -0.3 is 0 Å². The summed E-state index contributed by atoms with van der Waals surface area (Å²) in [6.45, 7) is 6.84. The highest BCUT2D eigenvalue weighted by Crippen LogP contribution is 2.49. The Hall–Kier alpha value is -2.43. The lowest BCUT2D eigenvalue weighted by molar-refractivity contribution is 0.331. The smallest absolute Gasteiger partial charge is 0.210 e. The molecule has 1 atom stereocenters. The largest absolute Gasteiger partial charge is 0.240 e. The van der Waals surface area contributed by atoms with E-state index in [1.165, 1.54) is 11.1 Å². The highest BCUT2D eigenvalue weighted by atomic mass is 32.2. The van der Waals surface area contributed by atoms with Crippen LogP contribution in [0.5, 0.6) is 0 Å². The highest BCUT2D eigenvalue weighted by molar-refractivity contribution is 7.89. The Labute approximate surface area is 180 Å². The summed E-state index contributed by atoms with van der Waals surface area (Å²) in [6.07, 6.45) is 1.88. The molecule has 1 aliphatic rings. The minimum absolute atomic E-state index is 0.0602. The molecule has 0 amide bonds. The number of hydrogen-bond donors (Lipinski definition) is 1. The molecule has 0 saturated carbocycles. The van der Waals surface area contributed by atoms with Crippen molar-refractivity contribution < 1.29 is 8.42 Å². The van der Waals surface area contributed by atoms with Crippen LogP contribution < -0.4 is 4.72 Å². The molecule has 0 radical (unpaired) electrons. The zero-order chi connectivity index (χ0) is 21.4. The third-order valence-electron chi connectivity index (χ3n) is 6.57. The first-order valence-electron chi connectivity index (χ1n) is 10.5. The summed E-state index contributed by atoms with van der Waals surface area (Å²) >= 11 is 0. The normalized spacial score (nSPS) is 20.5. The van der Waals surface area contributed by atoms with E-state index in [1.54, 1.807) is 12.1 Å². The number of nitrogens with one attached hydrogen (secondary N) is 1. The van der Waals surface area contributed by atoms with Crippen molar-refractivity contribution in [3.05, 3.63) is 101 Å². The number of fused-ring (bicyclic) bond motifs is 1. The van der Waals surface area contributed by atoms with E-state index >= 15 is 0 Å². The maximum absolute atomic E-state index is 13.1. The van der Waals surface area contributed by atoms with E-state index in [2.05, 4.69) is 55.0 Å². The van der Waals surface area contributed by atoms with Gasteiger partial charge in [0.2, 0.25) is 10.0 Å². The lowest BCUT2D eigenvalue weighted by atomic mass is 9.59. The van der Waals surface area contributed by atoms with E-state index in [-0.39, 0.29) is 5.41 Å². The zero-order valence-corrected chi connectivity index (χ0v) is 18.7. The second-order valence-corrected chi connectivity index (χ2v) is 10.8. The van der Waals surface area contributed by atoms with Gasteiger partial charge in [-0.1, -0.05) is 86.1 Å². The van der Waals surface area contributed by atoms with Gasteiger partial charge in [0.1, 0.15) is 0 Å². The standard InChI is InChI=1S/C26H29NO2S/c1-20-13-15-22(16-14-20)30(28,29)27-19-26(21-9-5-4-6-10-21)18-17-25(2,3)23-11-7-8-12-24(23)26/h4-16,27H,17-19H2,1-3H3/t26-/m1/s1. The van der Waals surface area contributed by atoms with Gasteiger partial charge in [0.15, 0.2) is 0 Å². The van der Waals surface area contributed by atoms with Gasteiger partial charge in [0, 0.05) is 12.0 Å². The SMILES string of the molecule is Cc1ccc(S(=O)(=O)NC[C@@]2(c3ccccc3)CCC(C)(C)c3ccccc32)cc1. The molecule has 0 unspecified atom stereocenters. The number of rotatable bonds is 5. The molecular formula is C26H29NO2S.